The van der Waals surface area contributed by atoms with Gasteiger partial charge in [-0.05, 0) is 37.0 Å². The van der Waals surface area contributed by atoms with Gasteiger partial charge in [-0.25, -0.2) is 4.39 Å². The SMILES string of the molecule is OB(O)c1cc(OCC2CCC2)ccc1F. The van der Waals surface area contributed by atoms with E-state index < -0.39 is 12.9 Å². The van der Waals surface area contributed by atoms with Crippen molar-refractivity contribution in [2.45, 2.75) is 19.3 Å². The highest BCUT2D eigenvalue weighted by molar-refractivity contribution is 6.58. The van der Waals surface area contributed by atoms with E-state index in [0.717, 1.165) is 0 Å². The fourth-order valence-corrected chi connectivity index (χ4v) is 1.68. The molecule has 0 bridgehead atoms. The van der Waals surface area contributed by atoms with E-state index >= 15 is 0 Å². The maximum atomic E-state index is 13.1. The zero-order chi connectivity index (χ0) is 11.5. The zero-order valence-electron chi connectivity index (χ0n) is 8.90. The summed E-state index contributed by atoms with van der Waals surface area (Å²) in [5.41, 5.74) is -0.147. The molecule has 1 saturated carbocycles. The maximum Gasteiger partial charge on any atom is 0.491 e. The average Bonchev–Trinajstić information content (AvgIpc) is 2.17. The Hall–Kier alpha value is -1.07. The summed E-state index contributed by atoms with van der Waals surface area (Å²) in [5.74, 6) is 0.440. The van der Waals surface area contributed by atoms with Crippen LogP contribution in [0.25, 0.3) is 0 Å². The van der Waals surface area contributed by atoms with Crippen LogP contribution in [-0.4, -0.2) is 23.8 Å². The van der Waals surface area contributed by atoms with Gasteiger partial charge in [0.15, 0.2) is 0 Å². The minimum atomic E-state index is -1.80. The molecule has 86 valence electrons. The topological polar surface area (TPSA) is 49.7 Å². The molecule has 1 fully saturated rings. The van der Waals surface area contributed by atoms with Gasteiger partial charge in [0.2, 0.25) is 0 Å². The van der Waals surface area contributed by atoms with E-state index in [9.17, 15) is 4.39 Å². The fourth-order valence-electron chi connectivity index (χ4n) is 1.68. The monoisotopic (exact) mass is 224 g/mol. The van der Waals surface area contributed by atoms with Crippen molar-refractivity contribution in [3.05, 3.63) is 24.0 Å². The molecule has 1 aromatic rings. The summed E-state index contributed by atoms with van der Waals surface area (Å²) in [5, 5.41) is 17.8. The van der Waals surface area contributed by atoms with Crippen molar-refractivity contribution in [1.29, 1.82) is 0 Å². The van der Waals surface area contributed by atoms with Crippen molar-refractivity contribution in [1.82, 2.24) is 0 Å². The molecular weight excluding hydrogens is 210 g/mol. The lowest BCUT2D eigenvalue weighted by Crippen LogP contribution is -2.32. The van der Waals surface area contributed by atoms with Crippen LogP contribution in [0.15, 0.2) is 18.2 Å². The molecule has 2 rings (SSSR count). The van der Waals surface area contributed by atoms with Gasteiger partial charge in [-0.3, -0.25) is 0 Å². The van der Waals surface area contributed by atoms with Gasteiger partial charge in [0.1, 0.15) is 11.6 Å². The van der Waals surface area contributed by atoms with Gasteiger partial charge in [-0.1, -0.05) is 6.42 Å². The van der Waals surface area contributed by atoms with Gasteiger partial charge in [-0.15, -0.1) is 0 Å². The Bertz CT molecular complexity index is 366. The molecule has 0 radical (unpaired) electrons. The quantitative estimate of drug-likeness (QED) is 0.739. The highest BCUT2D eigenvalue weighted by Gasteiger charge is 2.20. The zero-order valence-corrected chi connectivity index (χ0v) is 8.90. The number of hydrogen-bond acceptors (Lipinski definition) is 3. The van der Waals surface area contributed by atoms with Gasteiger partial charge >= 0.3 is 7.12 Å². The first-order valence-corrected chi connectivity index (χ1v) is 5.45. The number of ether oxygens (including phenoxy) is 1. The van der Waals surface area contributed by atoms with Crippen molar-refractivity contribution in [3.63, 3.8) is 0 Å². The second-order valence-electron chi connectivity index (χ2n) is 4.16. The summed E-state index contributed by atoms with van der Waals surface area (Å²) in [6, 6.07) is 4.02. The summed E-state index contributed by atoms with van der Waals surface area (Å²) < 4.78 is 18.6. The summed E-state index contributed by atoms with van der Waals surface area (Å²) >= 11 is 0. The van der Waals surface area contributed by atoms with E-state index in [4.69, 9.17) is 14.8 Å². The second kappa shape index (κ2) is 4.85. The number of hydrogen-bond donors (Lipinski definition) is 2. The van der Waals surface area contributed by atoms with Crippen LogP contribution in [0.3, 0.4) is 0 Å². The lowest BCUT2D eigenvalue weighted by molar-refractivity contribution is 0.180. The predicted molar refractivity (Wildman–Crippen MR) is 59.1 cm³/mol. The molecule has 1 aromatic carbocycles. The Morgan fingerprint density at radius 1 is 1.38 bits per heavy atom. The molecule has 3 nitrogen and oxygen atoms in total. The summed E-state index contributed by atoms with van der Waals surface area (Å²) in [6.07, 6.45) is 3.60. The summed E-state index contributed by atoms with van der Waals surface area (Å²) in [6.45, 7) is 0.618. The molecule has 0 spiro atoms. The highest BCUT2D eigenvalue weighted by atomic mass is 19.1. The Labute approximate surface area is 94.0 Å². The lowest BCUT2D eigenvalue weighted by atomic mass is 9.80. The molecule has 1 aliphatic carbocycles. The van der Waals surface area contributed by atoms with E-state index in [2.05, 4.69) is 0 Å². The molecule has 0 aromatic heterocycles. The maximum absolute atomic E-state index is 13.1. The van der Waals surface area contributed by atoms with E-state index in [1.54, 1.807) is 0 Å². The molecule has 16 heavy (non-hydrogen) atoms. The van der Waals surface area contributed by atoms with Crippen LogP contribution < -0.4 is 10.2 Å². The first kappa shape index (κ1) is 11.4. The molecule has 5 heteroatoms. The molecule has 1 aliphatic rings. The third-order valence-corrected chi connectivity index (χ3v) is 2.96. The average molecular weight is 224 g/mol. The van der Waals surface area contributed by atoms with Crippen molar-refractivity contribution in [2.75, 3.05) is 6.61 Å². The number of halogens is 1. The Balaban J connectivity index is 2.00. The molecule has 0 aliphatic heterocycles. The number of rotatable bonds is 4. The number of benzene rings is 1. The molecule has 2 N–H and O–H groups in total. The van der Waals surface area contributed by atoms with E-state index in [1.807, 2.05) is 0 Å². The normalized spacial score (nSPS) is 15.7. The minimum absolute atomic E-state index is 0.147. The van der Waals surface area contributed by atoms with Crippen LogP contribution >= 0.6 is 0 Å². The summed E-state index contributed by atoms with van der Waals surface area (Å²) in [7, 11) is -1.80. The van der Waals surface area contributed by atoms with Gasteiger partial charge in [0.25, 0.3) is 0 Å². The third-order valence-electron chi connectivity index (χ3n) is 2.96. The minimum Gasteiger partial charge on any atom is -0.493 e. The molecule has 0 heterocycles. The van der Waals surface area contributed by atoms with Crippen LogP contribution in [0.5, 0.6) is 5.75 Å². The first-order valence-electron chi connectivity index (χ1n) is 5.45. The lowest BCUT2D eigenvalue weighted by Gasteiger charge is -2.25. The Morgan fingerprint density at radius 2 is 2.12 bits per heavy atom. The predicted octanol–water partition coefficient (Wildman–Crippen LogP) is 0.684. The molecular formula is C11H14BFO3. The Morgan fingerprint density at radius 3 is 2.69 bits per heavy atom. The van der Waals surface area contributed by atoms with Crippen molar-refractivity contribution in [3.8, 4) is 5.75 Å². The van der Waals surface area contributed by atoms with Crippen LogP contribution in [0.2, 0.25) is 0 Å². The first-order chi connectivity index (χ1) is 7.66. The van der Waals surface area contributed by atoms with E-state index in [-0.39, 0.29) is 5.46 Å². The highest BCUT2D eigenvalue weighted by Crippen LogP contribution is 2.26. The van der Waals surface area contributed by atoms with Crippen molar-refractivity contribution < 1.29 is 19.2 Å². The smallest absolute Gasteiger partial charge is 0.491 e. The van der Waals surface area contributed by atoms with Gasteiger partial charge < -0.3 is 14.8 Å². The van der Waals surface area contributed by atoms with Gasteiger partial charge in [0, 0.05) is 5.46 Å². The summed E-state index contributed by atoms with van der Waals surface area (Å²) in [4.78, 5) is 0. The molecule has 0 saturated heterocycles. The molecule has 0 amide bonds. The standard InChI is InChI=1S/C11H14BFO3/c13-11-5-4-9(6-10(11)12(14)15)16-7-8-2-1-3-8/h4-6,8,14-15H,1-3,7H2. The van der Waals surface area contributed by atoms with Crippen LogP contribution in [0.1, 0.15) is 19.3 Å². The fraction of sp³-hybridized carbons (Fsp3) is 0.455. The van der Waals surface area contributed by atoms with Crippen LogP contribution in [-0.2, 0) is 0 Å². The van der Waals surface area contributed by atoms with Crippen molar-refractivity contribution in [2.24, 2.45) is 5.92 Å². The molecule has 0 atom stereocenters. The van der Waals surface area contributed by atoms with Crippen molar-refractivity contribution >= 4 is 12.6 Å². The molecule has 0 unspecified atom stereocenters. The van der Waals surface area contributed by atoms with Crippen LogP contribution in [0, 0.1) is 11.7 Å². The van der Waals surface area contributed by atoms with Gasteiger partial charge in [-0.2, -0.15) is 0 Å². The second-order valence-corrected chi connectivity index (χ2v) is 4.16. The Kier molecular flexibility index (Phi) is 3.46. The largest absolute Gasteiger partial charge is 0.493 e. The third kappa shape index (κ3) is 2.54. The van der Waals surface area contributed by atoms with Crippen LogP contribution in [0.4, 0.5) is 4.39 Å². The van der Waals surface area contributed by atoms with E-state index in [0.29, 0.717) is 18.3 Å². The van der Waals surface area contributed by atoms with E-state index in [1.165, 1.54) is 37.5 Å². The van der Waals surface area contributed by atoms with Gasteiger partial charge in [0.05, 0.1) is 6.61 Å².